The number of nitrogens with one attached hydrogen (secondary N) is 2. The van der Waals surface area contributed by atoms with E-state index in [-0.39, 0.29) is 0 Å². The minimum absolute atomic E-state index is 1.01. The fourth-order valence-corrected chi connectivity index (χ4v) is 4.75. The van der Waals surface area contributed by atoms with Gasteiger partial charge in [0.25, 0.3) is 0 Å². The van der Waals surface area contributed by atoms with Crippen molar-refractivity contribution in [2.24, 2.45) is 0 Å². The fraction of sp³-hybridized carbons (Fsp3) is 0.0556. The van der Waals surface area contributed by atoms with Crippen LogP contribution < -0.4 is 4.72 Å². The van der Waals surface area contributed by atoms with Crippen LogP contribution in [-0.2, 0) is 0 Å². The lowest BCUT2D eigenvalue weighted by atomic mass is 10.2. The van der Waals surface area contributed by atoms with Crippen molar-refractivity contribution >= 4 is 51.6 Å². The van der Waals surface area contributed by atoms with E-state index in [4.69, 9.17) is 0 Å². The Hall–Kier alpha value is -1.89. The molecule has 0 aliphatic carbocycles. The highest BCUT2D eigenvalue weighted by atomic mass is 32.2. The Morgan fingerprint density at radius 2 is 1.92 bits per heavy atom. The molecule has 24 heavy (non-hydrogen) atoms. The van der Waals surface area contributed by atoms with Crippen molar-refractivity contribution in [3.63, 3.8) is 0 Å². The van der Waals surface area contributed by atoms with Gasteiger partial charge in [0, 0.05) is 20.9 Å². The molecule has 2 aromatic carbocycles. The molecule has 120 valence electrons. The molecule has 0 fully saturated rings. The minimum Gasteiger partial charge on any atom is -0.326 e. The molecule has 0 atom stereocenters. The zero-order valence-corrected chi connectivity index (χ0v) is 15.4. The first-order valence-electron chi connectivity index (χ1n) is 7.43. The van der Waals surface area contributed by atoms with Crippen LogP contribution in [0.4, 0.5) is 5.69 Å². The summed E-state index contributed by atoms with van der Waals surface area (Å²) < 4.78 is 3.46. The molecule has 0 aliphatic rings. The molecule has 6 heteroatoms. The molecule has 4 aromatic rings. The van der Waals surface area contributed by atoms with Gasteiger partial charge in [-0.2, -0.15) is 5.10 Å². The van der Waals surface area contributed by atoms with E-state index in [1.54, 1.807) is 35.0 Å². The quantitative estimate of drug-likeness (QED) is 0.328. The Labute approximate surface area is 153 Å². The molecule has 3 nitrogen and oxygen atoms in total. The van der Waals surface area contributed by atoms with Crippen LogP contribution in [0.2, 0.25) is 0 Å². The van der Waals surface area contributed by atoms with E-state index >= 15 is 0 Å². The van der Waals surface area contributed by atoms with E-state index in [1.165, 1.54) is 14.7 Å². The maximum atomic E-state index is 4.47. The zero-order valence-electron chi connectivity index (χ0n) is 12.9. The van der Waals surface area contributed by atoms with Crippen LogP contribution in [0.3, 0.4) is 0 Å². The first-order chi connectivity index (χ1) is 11.8. The molecule has 0 bridgehead atoms. The zero-order chi connectivity index (χ0) is 16.4. The summed E-state index contributed by atoms with van der Waals surface area (Å²) in [6, 6.07) is 18.9. The van der Waals surface area contributed by atoms with Gasteiger partial charge >= 0.3 is 0 Å². The van der Waals surface area contributed by atoms with Gasteiger partial charge in [-0.15, -0.1) is 23.1 Å². The number of hydrogen-bond acceptors (Lipinski definition) is 5. The third-order valence-corrected chi connectivity index (χ3v) is 6.38. The van der Waals surface area contributed by atoms with Gasteiger partial charge in [-0.3, -0.25) is 5.10 Å². The second-order valence-electron chi connectivity index (χ2n) is 5.16. The summed E-state index contributed by atoms with van der Waals surface area (Å²) in [4.78, 5) is 3.69. The number of benzene rings is 2. The number of anilines is 1. The number of aromatic amines is 1. The lowest BCUT2D eigenvalue weighted by Gasteiger charge is -2.09. The summed E-state index contributed by atoms with van der Waals surface area (Å²) in [6.45, 7) is 0. The summed E-state index contributed by atoms with van der Waals surface area (Å²) in [5.74, 6) is 0. The Morgan fingerprint density at radius 1 is 1.04 bits per heavy atom. The van der Waals surface area contributed by atoms with Crippen LogP contribution in [0.15, 0.2) is 69.8 Å². The van der Waals surface area contributed by atoms with Crippen molar-refractivity contribution in [1.82, 2.24) is 10.2 Å². The van der Waals surface area contributed by atoms with Gasteiger partial charge in [-0.25, -0.2) is 0 Å². The van der Waals surface area contributed by atoms with Crippen molar-refractivity contribution < 1.29 is 0 Å². The highest BCUT2D eigenvalue weighted by Crippen LogP contribution is 2.34. The average molecular weight is 370 g/mol. The maximum Gasteiger partial charge on any atom is 0.110 e. The molecule has 0 radical (unpaired) electrons. The molecule has 0 saturated carbocycles. The van der Waals surface area contributed by atoms with Gasteiger partial charge < -0.3 is 4.72 Å². The van der Waals surface area contributed by atoms with Crippen molar-refractivity contribution in [2.45, 2.75) is 9.79 Å². The first-order valence-corrected chi connectivity index (χ1v) is 10.3. The van der Waals surface area contributed by atoms with Gasteiger partial charge in [-0.05, 0) is 60.0 Å². The monoisotopic (exact) mass is 369 g/mol. The number of nitrogens with zero attached hydrogens (tertiary/aromatic N) is 1. The number of thioether (sulfide) groups is 1. The number of H-pyrrole nitrogens is 1. The second kappa shape index (κ2) is 6.93. The highest BCUT2D eigenvalue weighted by molar-refractivity contribution is 8.02. The molecule has 4 rings (SSSR count). The van der Waals surface area contributed by atoms with E-state index in [0.29, 0.717) is 0 Å². The molecule has 0 unspecified atom stereocenters. The number of rotatable bonds is 5. The largest absolute Gasteiger partial charge is 0.326 e. The fourth-order valence-electron chi connectivity index (χ4n) is 2.50. The third-order valence-electron chi connectivity index (χ3n) is 3.67. The maximum absolute atomic E-state index is 4.47. The Balaban J connectivity index is 1.62. The van der Waals surface area contributed by atoms with E-state index in [1.807, 2.05) is 0 Å². The summed E-state index contributed by atoms with van der Waals surface area (Å²) in [5, 5.41) is 10.8. The predicted octanol–water partition coefficient (Wildman–Crippen LogP) is 6.13. The average Bonchev–Trinajstić information content (AvgIpc) is 3.29. The van der Waals surface area contributed by atoms with Crippen molar-refractivity contribution in [1.29, 1.82) is 0 Å². The Kier molecular flexibility index (Phi) is 4.51. The molecule has 2 aromatic heterocycles. The number of fused-ring (bicyclic) bond motifs is 1. The Morgan fingerprint density at radius 3 is 2.71 bits per heavy atom. The summed E-state index contributed by atoms with van der Waals surface area (Å²) >= 11 is 5.11. The van der Waals surface area contributed by atoms with Gasteiger partial charge in [0.1, 0.15) is 5.69 Å². The molecule has 2 heterocycles. The highest BCUT2D eigenvalue weighted by Gasteiger charge is 2.10. The summed E-state index contributed by atoms with van der Waals surface area (Å²) in [7, 11) is 0. The SMILES string of the molecule is CSc1ccccc1SNc1ccc2[nH]nc(-c3cccs3)c2c1. The third kappa shape index (κ3) is 3.05. The van der Waals surface area contributed by atoms with Gasteiger partial charge in [0.2, 0.25) is 0 Å². The topological polar surface area (TPSA) is 40.7 Å². The van der Waals surface area contributed by atoms with Crippen molar-refractivity contribution in [2.75, 3.05) is 11.0 Å². The normalized spacial score (nSPS) is 11.0. The van der Waals surface area contributed by atoms with E-state index in [2.05, 4.69) is 81.2 Å². The molecule has 0 amide bonds. The number of thiophene rings is 1. The van der Waals surface area contributed by atoms with Crippen LogP contribution >= 0.6 is 35.0 Å². The predicted molar refractivity (Wildman–Crippen MR) is 107 cm³/mol. The molecular formula is C18H15N3S3. The van der Waals surface area contributed by atoms with Crippen LogP contribution in [0.1, 0.15) is 0 Å². The van der Waals surface area contributed by atoms with E-state index in [0.717, 1.165) is 22.3 Å². The number of hydrogen-bond donors (Lipinski definition) is 2. The minimum atomic E-state index is 1.01. The van der Waals surface area contributed by atoms with E-state index in [9.17, 15) is 0 Å². The Bertz CT molecular complexity index is 961. The van der Waals surface area contributed by atoms with Crippen LogP contribution in [0.25, 0.3) is 21.5 Å². The van der Waals surface area contributed by atoms with Gasteiger partial charge in [0.05, 0.1) is 10.4 Å². The molecule has 2 N–H and O–H groups in total. The standard InChI is InChI=1S/C18H15N3S3/c1-22-15-5-2-3-6-16(15)24-21-12-8-9-14-13(11-12)18(20-19-14)17-7-4-10-23-17/h2-11,21H,1H3,(H,19,20). The van der Waals surface area contributed by atoms with Gasteiger partial charge in [-0.1, -0.05) is 18.2 Å². The van der Waals surface area contributed by atoms with Crippen molar-refractivity contribution in [3.05, 3.63) is 60.0 Å². The number of aromatic nitrogens is 2. The summed E-state index contributed by atoms with van der Waals surface area (Å²) in [6.07, 6.45) is 2.10. The van der Waals surface area contributed by atoms with Crippen LogP contribution in [-0.4, -0.2) is 16.5 Å². The smallest absolute Gasteiger partial charge is 0.110 e. The molecule has 0 spiro atoms. The van der Waals surface area contributed by atoms with Gasteiger partial charge in [0.15, 0.2) is 0 Å². The van der Waals surface area contributed by atoms with Crippen LogP contribution in [0.5, 0.6) is 0 Å². The molecule has 0 saturated heterocycles. The molecule has 0 aliphatic heterocycles. The lowest BCUT2D eigenvalue weighted by Crippen LogP contribution is -1.88. The first kappa shape index (κ1) is 15.6. The second-order valence-corrected chi connectivity index (χ2v) is 7.81. The lowest BCUT2D eigenvalue weighted by molar-refractivity contribution is 1.13. The van der Waals surface area contributed by atoms with Crippen LogP contribution in [0, 0.1) is 0 Å². The van der Waals surface area contributed by atoms with E-state index < -0.39 is 0 Å². The molecular weight excluding hydrogens is 354 g/mol. The van der Waals surface area contributed by atoms with Crippen molar-refractivity contribution in [3.8, 4) is 10.6 Å². The summed E-state index contributed by atoms with van der Waals surface area (Å²) in [5.41, 5.74) is 3.14.